The highest BCUT2D eigenvalue weighted by Gasteiger charge is 2.08. The van der Waals surface area contributed by atoms with Crippen molar-refractivity contribution >= 4 is 11.8 Å². The fourth-order valence-corrected chi connectivity index (χ4v) is 1.72. The van der Waals surface area contributed by atoms with Crippen molar-refractivity contribution in [2.45, 2.75) is 45.6 Å². The Bertz CT molecular complexity index is 134. The van der Waals surface area contributed by atoms with Crippen LogP contribution in [0, 0.1) is 0 Å². The summed E-state index contributed by atoms with van der Waals surface area (Å²) in [6.45, 7) is 9.19. The molecule has 1 N–H and O–H groups in total. The van der Waals surface area contributed by atoms with Gasteiger partial charge in [-0.3, -0.25) is 0 Å². The van der Waals surface area contributed by atoms with Gasteiger partial charge in [0.25, 0.3) is 0 Å². The lowest BCUT2D eigenvalue weighted by Crippen LogP contribution is -2.27. The zero-order valence-electron chi connectivity index (χ0n) is 10.8. The number of hydrogen-bond donors (Lipinski definition) is 1. The first-order chi connectivity index (χ1) is 7.06. The average molecular weight is 233 g/mol. The van der Waals surface area contributed by atoms with E-state index in [0.29, 0.717) is 0 Å². The van der Waals surface area contributed by atoms with Crippen LogP contribution in [0.1, 0.15) is 40.0 Å². The monoisotopic (exact) mass is 233 g/mol. The van der Waals surface area contributed by atoms with E-state index in [2.05, 4.69) is 32.3 Å². The van der Waals surface area contributed by atoms with Gasteiger partial charge in [0.1, 0.15) is 0 Å². The predicted octanol–water partition coefficient (Wildman–Crippen LogP) is 2.92. The van der Waals surface area contributed by atoms with Gasteiger partial charge in [-0.15, -0.1) is 0 Å². The van der Waals surface area contributed by atoms with Gasteiger partial charge in [0.2, 0.25) is 0 Å². The zero-order chi connectivity index (χ0) is 11.6. The molecule has 0 unspecified atom stereocenters. The second-order valence-corrected chi connectivity index (χ2v) is 5.75. The van der Waals surface area contributed by atoms with Gasteiger partial charge in [0.05, 0.1) is 12.2 Å². The van der Waals surface area contributed by atoms with E-state index in [1.165, 1.54) is 25.0 Å². The Morgan fingerprint density at radius 1 is 1.07 bits per heavy atom. The maximum atomic E-state index is 5.61. The number of hydrogen-bond acceptors (Lipinski definition) is 3. The van der Waals surface area contributed by atoms with Crippen LogP contribution in [0.5, 0.6) is 0 Å². The van der Waals surface area contributed by atoms with Crippen molar-refractivity contribution in [3.8, 4) is 0 Å². The second-order valence-electron chi connectivity index (χ2n) is 4.76. The Morgan fingerprint density at radius 3 is 2.40 bits per heavy atom. The lowest BCUT2D eigenvalue weighted by Gasteiger charge is -2.19. The summed E-state index contributed by atoms with van der Waals surface area (Å²) >= 11 is 1.94. The van der Waals surface area contributed by atoms with Crippen LogP contribution in [-0.2, 0) is 4.74 Å². The molecule has 0 spiro atoms. The van der Waals surface area contributed by atoms with Gasteiger partial charge in [0.15, 0.2) is 0 Å². The van der Waals surface area contributed by atoms with Gasteiger partial charge >= 0.3 is 0 Å². The molecule has 3 heteroatoms. The van der Waals surface area contributed by atoms with E-state index in [4.69, 9.17) is 4.74 Å². The first kappa shape index (κ1) is 15.3. The van der Waals surface area contributed by atoms with Crippen LogP contribution in [0.25, 0.3) is 0 Å². The molecule has 0 saturated heterocycles. The molecule has 0 fully saturated rings. The van der Waals surface area contributed by atoms with E-state index < -0.39 is 0 Å². The summed E-state index contributed by atoms with van der Waals surface area (Å²) in [4.78, 5) is 0. The summed E-state index contributed by atoms with van der Waals surface area (Å²) < 4.78 is 5.61. The third-order valence-corrected chi connectivity index (χ3v) is 2.71. The quantitative estimate of drug-likeness (QED) is 0.619. The van der Waals surface area contributed by atoms with Gasteiger partial charge in [-0.05, 0) is 52.2 Å². The third kappa shape index (κ3) is 14.3. The largest absolute Gasteiger partial charge is 0.375 e. The van der Waals surface area contributed by atoms with Crippen LogP contribution >= 0.6 is 11.8 Å². The smallest absolute Gasteiger partial charge is 0.0599 e. The highest BCUT2D eigenvalue weighted by Crippen LogP contribution is 2.05. The van der Waals surface area contributed by atoms with Crippen LogP contribution in [-0.4, -0.2) is 37.3 Å². The van der Waals surface area contributed by atoms with Gasteiger partial charge in [-0.25, -0.2) is 0 Å². The van der Waals surface area contributed by atoms with Crippen molar-refractivity contribution in [2.75, 3.05) is 31.7 Å². The fourth-order valence-electron chi connectivity index (χ4n) is 1.23. The predicted molar refractivity (Wildman–Crippen MR) is 70.8 cm³/mol. The third-order valence-electron chi connectivity index (χ3n) is 2.02. The molecule has 0 atom stereocenters. The van der Waals surface area contributed by atoms with E-state index in [-0.39, 0.29) is 5.60 Å². The number of nitrogens with one attached hydrogen (secondary N) is 1. The van der Waals surface area contributed by atoms with Crippen molar-refractivity contribution in [3.63, 3.8) is 0 Å². The molecule has 0 saturated carbocycles. The summed E-state index contributed by atoms with van der Waals surface area (Å²) in [5.74, 6) is 1.30. The van der Waals surface area contributed by atoms with Crippen molar-refractivity contribution in [2.24, 2.45) is 0 Å². The fraction of sp³-hybridized carbons (Fsp3) is 1.00. The van der Waals surface area contributed by atoms with Crippen molar-refractivity contribution < 1.29 is 4.74 Å². The standard InChI is InChI=1S/C12H27NOS/c1-12(2,3)14-10-9-13-8-6-5-7-11-15-4/h13H,5-11H2,1-4H3. The molecule has 0 aromatic heterocycles. The van der Waals surface area contributed by atoms with Gasteiger partial charge in [0, 0.05) is 6.54 Å². The molecule has 0 radical (unpaired) electrons. The summed E-state index contributed by atoms with van der Waals surface area (Å²) in [6, 6.07) is 0. The van der Waals surface area contributed by atoms with Gasteiger partial charge < -0.3 is 10.1 Å². The maximum absolute atomic E-state index is 5.61. The summed E-state index contributed by atoms with van der Waals surface area (Å²) in [7, 11) is 0. The molecule has 0 aliphatic heterocycles. The number of rotatable bonds is 9. The average Bonchev–Trinajstić information content (AvgIpc) is 2.14. The molecule has 0 aliphatic carbocycles. The van der Waals surface area contributed by atoms with Crippen LogP contribution in [0.15, 0.2) is 0 Å². The lowest BCUT2D eigenvalue weighted by atomic mass is 10.2. The van der Waals surface area contributed by atoms with Crippen molar-refractivity contribution in [1.82, 2.24) is 5.32 Å². The van der Waals surface area contributed by atoms with E-state index in [1.807, 2.05) is 11.8 Å². The Hall–Kier alpha value is 0.270. The topological polar surface area (TPSA) is 21.3 Å². The van der Waals surface area contributed by atoms with E-state index in [1.54, 1.807) is 0 Å². The molecule has 0 amide bonds. The molecule has 0 rings (SSSR count). The Kier molecular flexibility index (Phi) is 9.66. The highest BCUT2D eigenvalue weighted by atomic mass is 32.2. The highest BCUT2D eigenvalue weighted by molar-refractivity contribution is 7.98. The van der Waals surface area contributed by atoms with Crippen LogP contribution in [0.2, 0.25) is 0 Å². The minimum atomic E-state index is 0.0000288. The SMILES string of the molecule is CSCCCCCNCCOC(C)(C)C. The van der Waals surface area contributed by atoms with Crippen LogP contribution < -0.4 is 5.32 Å². The van der Waals surface area contributed by atoms with Gasteiger partial charge in [-0.2, -0.15) is 11.8 Å². The van der Waals surface area contributed by atoms with E-state index in [0.717, 1.165) is 19.7 Å². The van der Waals surface area contributed by atoms with E-state index >= 15 is 0 Å². The number of thioether (sulfide) groups is 1. The molecule has 2 nitrogen and oxygen atoms in total. The molecule has 0 heterocycles. The summed E-state index contributed by atoms with van der Waals surface area (Å²) in [5.41, 5.74) is 0.0000288. The number of ether oxygens (including phenoxy) is 1. The molecule has 0 aromatic carbocycles. The number of unbranched alkanes of at least 4 members (excludes halogenated alkanes) is 2. The Balaban J connectivity index is 2.99. The summed E-state index contributed by atoms with van der Waals surface area (Å²) in [6.07, 6.45) is 6.15. The molecule has 0 bridgehead atoms. The normalized spacial score (nSPS) is 12.0. The van der Waals surface area contributed by atoms with Gasteiger partial charge in [-0.1, -0.05) is 6.42 Å². The van der Waals surface area contributed by atoms with Crippen molar-refractivity contribution in [1.29, 1.82) is 0 Å². The first-order valence-corrected chi connectivity index (χ1v) is 7.29. The van der Waals surface area contributed by atoms with E-state index in [9.17, 15) is 0 Å². The first-order valence-electron chi connectivity index (χ1n) is 5.90. The minimum absolute atomic E-state index is 0.0000288. The molecule has 92 valence electrons. The maximum Gasteiger partial charge on any atom is 0.0599 e. The van der Waals surface area contributed by atoms with Crippen LogP contribution in [0.4, 0.5) is 0 Å². The summed E-state index contributed by atoms with van der Waals surface area (Å²) in [5, 5.41) is 3.40. The zero-order valence-corrected chi connectivity index (χ0v) is 11.6. The second kappa shape index (κ2) is 9.49. The van der Waals surface area contributed by atoms with Crippen molar-refractivity contribution in [3.05, 3.63) is 0 Å². The molecular formula is C12H27NOS. The molecule has 15 heavy (non-hydrogen) atoms. The molecule has 0 aromatic rings. The molecular weight excluding hydrogens is 206 g/mol. The Morgan fingerprint density at radius 2 is 1.80 bits per heavy atom. The minimum Gasteiger partial charge on any atom is -0.375 e. The molecule has 0 aliphatic rings. The lowest BCUT2D eigenvalue weighted by molar-refractivity contribution is -0.000755. The van der Waals surface area contributed by atoms with Crippen LogP contribution in [0.3, 0.4) is 0 Å². The Labute approximate surface area is 99.5 Å².